The van der Waals surface area contributed by atoms with Crippen molar-refractivity contribution >= 4 is 5.69 Å². The summed E-state index contributed by atoms with van der Waals surface area (Å²) in [7, 11) is 3.71. The highest BCUT2D eigenvalue weighted by molar-refractivity contribution is 5.58. The van der Waals surface area contributed by atoms with Crippen molar-refractivity contribution in [2.75, 3.05) is 32.1 Å². The summed E-state index contributed by atoms with van der Waals surface area (Å²) in [6, 6.07) is 7.96. The second kappa shape index (κ2) is 6.09. The van der Waals surface area contributed by atoms with Gasteiger partial charge in [0.05, 0.1) is 12.8 Å². The Kier molecular flexibility index (Phi) is 4.71. The molecule has 3 nitrogen and oxygen atoms in total. The minimum Gasteiger partial charge on any atom is -0.495 e. The molecule has 15 heavy (non-hydrogen) atoms. The van der Waals surface area contributed by atoms with Crippen LogP contribution in [0.15, 0.2) is 36.4 Å². The summed E-state index contributed by atoms with van der Waals surface area (Å²) in [4.78, 5) is 2.12. The number of likely N-dealkylation sites (N-methyl/N-ethyl adjacent to an activating group) is 1. The maximum absolute atomic E-state index is 5.38. The Bertz CT molecular complexity index is 323. The van der Waals surface area contributed by atoms with E-state index in [-0.39, 0.29) is 0 Å². The number of ether oxygens (including phenoxy) is 1. The predicted octanol–water partition coefficient (Wildman–Crippen LogP) is 1.65. The summed E-state index contributed by atoms with van der Waals surface area (Å²) in [5, 5.41) is 0. The molecule has 0 heterocycles. The lowest BCUT2D eigenvalue weighted by atomic mass is 10.2. The number of methoxy groups -OCH3 is 1. The van der Waals surface area contributed by atoms with Crippen molar-refractivity contribution < 1.29 is 4.74 Å². The Morgan fingerprint density at radius 2 is 2.07 bits per heavy atom. The Morgan fingerprint density at radius 3 is 2.73 bits per heavy atom. The van der Waals surface area contributed by atoms with E-state index in [9.17, 15) is 0 Å². The number of para-hydroxylation sites is 2. The van der Waals surface area contributed by atoms with Crippen molar-refractivity contribution in [3.05, 3.63) is 36.4 Å². The van der Waals surface area contributed by atoms with Gasteiger partial charge in [-0.3, -0.25) is 0 Å². The van der Waals surface area contributed by atoms with Crippen LogP contribution >= 0.6 is 0 Å². The lowest BCUT2D eigenvalue weighted by Crippen LogP contribution is -2.17. The zero-order valence-corrected chi connectivity index (χ0v) is 9.31. The zero-order chi connectivity index (χ0) is 11.1. The van der Waals surface area contributed by atoms with Crippen LogP contribution in [0.1, 0.15) is 0 Å². The molecule has 0 unspecified atom stereocenters. The van der Waals surface area contributed by atoms with Gasteiger partial charge in [-0.1, -0.05) is 24.3 Å². The minimum atomic E-state index is 0.583. The molecule has 1 aromatic carbocycles. The third kappa shape index (κ3) is 3.29. The molecule has 2 N–H and O–H groups in total. The van der Waals surface area contributed by atoms with E-state index in [2.05, 4.69) is 4.90 Å². The van der Waals surface area contributed by atoms with Gasteiger partial charge in [0, 0.05) is 20.1 Å². The fraction of sp³-hybridized carbons (Fsp3) is 0.333. The highest BCUT2D eigenvalue weighted by Crippen LogP contribution is 2.26. The molecule has 0 saturated heterocycles. The first kappa shape index (κ1) is 11.6. The number of nitrogens with two attached hydrogens (primary N) is 1. The molecule has 0 bridgehead atoms. The molecule has 3 heteroatoms. The van der Waals surface area contributed by atoms with Crippen molar-refractivity contribution in [2.24, 2.45) is 5.73 Å². The second-order valence-electron chi connectivity index (χ2n) is 3.26. The van der Waals surface area contributed by atoms with E-state index in [0.29, 0.717) is 6.54 Å². The second-order valence-corrected chi connectivity index (χ2v) is 3.26. The van der Waals surface area contributed by atoms with Gasteiger partial charge in [0.1, 0.15) is 5.75 Å². The Labute approximate surface area is 91.1 Å². The molecule has 1 rings (SSSR count). The summed E-state index contributed by atoms with van der Waals surface area (Å²) in [6.07, 6.45) is 4.00. The average molecular weight is 206 g/mol. The average Bonchev–Trinajstić information content (AvgIpc) is 2.29. The van der Waals surface area contributed by atoms with Gasteiger partial charge >= 0.3 is 0 Å². The number of hydrogen-bond donors (Lipinski definition) is 1. The van der Waals surface area contributed by atoms with Gasteiger partial charge < -0.3 is 15.4 Å². The van der Waals surface area contributed by atoms with Gasteiger partial charge in [0.25, 0.3) is 0 Å². The van der Waals surface area contributed by atoms with Gasteiger partial charge in [-0.05, 0) is 12.1 Å². The Morgan fingerprint density at radius 1 is 1.33 bits per heavy atom. The van der Waals surface area contributed by atoms with Crippen molar-refractivity contribution in [3.8, 4) is 5.75 Å². The van der Waals surface area contributed by atoms with E-state index in [1.165, 1.54) is 0 Å². The van der Waals surface area contributed by atoms with E-state index in [1.807, 2.05) is 43.5 Å². The molecular weight excluding hydrogens is 188 g/mol. The number of anilines is 1. The van der Waals surface area contributed by atoms with Crippen LogP contribution in [-0.4, -0.2) is 27.2 Å². The molecule has 0 amide bonds. The maximum Gasteiger partial charge on any atom is 0.142 e. The fourth-order valence-corrected chi connectivity index (χ4v) is 1.37. The summed E-state index contributed by atoms with van der Waals surface area (Å²) in [6.45, 7) is 1.41. The fourth-order valence-electron chi connectivity index (χ4n) is 1.37. The van der Waals surface area contributed by atoms with Crippen LogP contribution in [0.25, 0.3) is 0 Å². The monoisotopic (exact) mass is 206 g/mol. The van der Waals surface area contributed by atoms with Crippen LogP contribution in [0.5, 0.6) is 5.75 Å². The molecule has 82 valence electrons. The number of benzene rings is 1. The molecule has 0 aliphatic carbocycles. The van der Waals surface area contributed by atoms with Crippen LogP contribution in [-0.2, 0) is 0 Å². The smallest absolute Gasteiger partial charge is 0.142 e. The van der Waals surface area contributed by atoms with Crippen molar-refractivity contribution in [3.63, 3.8) is 0 Å². The molecule has 0 aliphatic rings. The van der Waals surface area contributed by atoms with Crippen LogP contribution < -0.4 is 15.4 Å². The Balaban J connectivity index is 2.72. The van der Waals surface area contributed by atoms with Crippen molar-refractivity contribution in [1.29, 1.82) is 0 Å². The van der Waals surface area contributed by atoms with Gasteiger partial charge in [-0.2, -0.15) is 0 Å². The predicted molar refractivity (Wildman–Crippen MR) is 64.5 cm³/mol. The normalized spacial score (nSPS) is 10.6. The molecule has 0 aliphatic heterocycles. The Hall–Kier alpha value is -1.48. The first-order chi connectivity index (χ1) is 7.29. The first-order valence-electron chi connectivity index (χ1n) is 4.98. The molecule has 0 fully saturated rings. The van der Waals surface area contributed by atoms with Crippen LogP contribution in [0.4, 0.5) is 5.69 Å². The van der Waals surface area contributed by atoms with E-state index in [0.717, 1.165) is 18.0 Å². The standard InChI is InChI=1S/C12H18N2O/c1-14(10-6-5-9-13)11-7-3-4-8-12(11)15-2/h3-8H,9-10,13H2,1-2H3. The van der Waals surface area contributed by atoms with Gasteiger partial charge in [-0.15, -0.1) is 0 Å². The summed E-state index contributed by atoms with van der Waals surface area (Å²) in [5.74, 6) is 0.890. The summed E-state index contributed by atoms with van der Waals surface area (Å²) < 4.78 is 5.28. The maximum atomic E-state index is 5.38. The highest BCUT2D eigenvalue weighted by atomic mass is 16.5. The summed E-state index contributed by atoms with van der Waals surface area (Å²) >= 11 is 0. The summed E-state index contributed by atoms with van der Waals surface area (Å²) in [5.41, 5.74) is 6.46. The van der Waals surface area contributed by atoms with E-state index >= 15 is 0 Å². The number of hydrogen-bond acceptors (Lipinski definition) is 3. The number of nitrogens with zero attached hydrogens (tertiary/aromatic N) is 1. The molecule has 1 aromatic rings. The van der Waals surface area contributed by atoms with Crippen LogP contribution in [0.3, 0.4) is 0 Å². The van der Waals surface area contributed by atoms with Crippen LogP contribution in [0, 0.1) is 0 Å². The lowest BCUT2D eigenvalue weighted by molar-refractivity contribution is 0.415. The van der Waals surface area contributed by atoms with Crippen molar-refractivity contribution in [2.45, 2.75) is 0 Å². The topological polar surface area (TPSA) is 38.5 Å². The van der Waals surface area contributed by atoms with Gasteiger partial charge in [-0.25, -0.2) is 0 Å². The highest BCUT2D eigenvalue weighted by Gasteiger charge is 2.04. The zero-order valence-electron chi connectivity index (χ0n) is 9.31. The quantitative estimate of drug-likeness (QED) is 0.744. The SMILES string of the molecule is COc1ccccc1N(C)CC=CCN. The lowest BCUT2D eigenvalue weighted by Gasteiger charge is -2.19. The first-order valence-corrected chi connectivity index (χ1v) is 4.98. The molecule has 0 saturated carbocycles. The van der Waals surface area contributed by atoms with Crippen molar-refractivity contribution in [1.82, 2.24) is 0 Å². The molecular formula is C12H18N2O. The molecule has 0 atom stereocenters. The van der Waals surface area contributed by atoms with Gasteiger partial charge in [0.15, 0.2) is 0 Å². The minimum absolute atomic E-state index is 0.583. The third-order valence-corrected chi connectivity index (χ3v) is 2.18. The van der Waals surface area contributed by atoms with E-state index in [4.69, 9.17) is 10.5 Å². The molecule has 0 spiro atoms. The van der Waals surface area contributed by atoms with Crippen LogP contribution in [0.2, 0.25) is 0 Å². The molecule has 0 radical (unpaired) electrons. The number of rotatable bonds is 5. The van der Waals surface area contributed by atoms with E-state index < -0.39 is 0 Å². The largest absolute Gasteiger partial charge is 0.495 e. The van der Waals surface area contributed by atoms with E-state index in [1.54, 1.807) is 7.11 Å². The molecule has 0 aromatic heterocycles. The van der Waals surface area contributed by atoms with Gasteiger partial charge in [0.2, 0.25) is 0 Å². The third-order valence-electron chi connectivity index (χ3n) is 2.18.